The van der Waals surface area contributed by atoms with Crippen molar-refractivity contribution < 1.29 is 38.5 Å². The van der Waals surface area contributed by atoms with Crippen LogP contribution in [0.1, 0.15) is 50.7 Å². The summed E-state index contributed by atoms with van der Waals surface area (Å²) >= 11 is 0. The zero-order valence-corrected chi connectivity index (χ0v) is 25.4. The third-order valence-electron chi connectivity index (χ3n) is 9.02. The summed E-state index contributed by atoms with van der Waals surface area (Å²) in [7, 11) is 1.51. The molecule has 0 radical (unpaired) electrons. The van der Waals surface area contributed by atoms with Gasteiger partial charge in [-0.2, -0.15) is 0 Å². The lowest BCUT2D eigenvalue weighted by Crippen LogP contribution is -2.55. The van der Waals surface area contributed by atoms with Gasteiger partial charge in [0.05, 0.1) is 31.3 Å². The number of esters is 1. The number of carbonyl (C=O) groups excluding carboxylic acids is 4. The molecule has 4 aliphatic heterocycles. The first-order chi connectivity index (χ1) is 21.4. The monoisotopic (exact) mass is 609 g/mol. The Morgan fingerprint density at radius 3 is 2.59 bits per heavy atom. The van der Waals surface area contributed by atoms with Crippen LogP contribution in [-0.4, -0.2) is 102 Å². The van der Waals surface area contributed by atoms with E-state index in [-0.39, 0.29) is 38.0 Å². The number of aliphatic hydroxyl groups is 1. The van der Waals surface area contributed by atoms with Crippen LogP contribution in [0.2, 0.25) is 0 Å². The molecule has 4 heterocycles. The highest BCUT2D eigenvalue weighted by Crippen LogP contribution is 2.53. The van der Waals surface area contributed by atoms with Crippen LogP contribution in [0.25, 0.3) is 0 Å². The van der Waals surface area contributed by atoms with Gasteiger partial charge < -0.3 is 34.4 Å². The number of β-amino-alcohol motifs (C(OH)–C–C–N with tert-alkyl or cyclic N) is 1. The standard InChI is InChI=1S/C33H43N3O8/c1-3-4-10-17-35-18-11-16-33-27(30(39)36(19-20-37)29(33)31(35)40)26-24(44-33)14-8-9-15-25(38)34-23(21-42-2)28(43-32(26)41)22-12-6-5-7-13-22/h5-8,11-14,16,23-24,26-29,37H,3-4,9-10,15,17-21H2,1-2H3,(H,34,38)/b14-8-/t23-,24-,26+,27+,28-,29-,33+/m0/s1. The zero-order valence-electron chi connectivity index (χ0n) is 25.4. The van der Waals surface area contributed by atoms with Crippen molar-refractivity contribution in [1.29, 1.82) is 0 Å². The van der Waals surface area contributed by atoms with E-state index in [0.717, 1.165) is 19.3 Å². The van der Waals surface area contributed by atoms with Gasteiger partial charge in [-0.25, -0.2) is 0 Å². The van der Waals surface area contributed by atoms with E-state index in [1.165, 1.54) is 12.0 Å². The van der Waals surface area contributed by atoms with Gasteiger partial charge in [-0.1, -0.05) is 74.4 Å². The molecule has 3 amide bonds. The van der Waals surface area contributed by atoms with Gasteiger partial charge in [-0.05, 0) is 18.4 Å². The Balaban J connectivity index is 1.56. The average molecular weight is 610 g/mol. The molecule has 4 aliphatic rings. The fraction of sp³-hybridized carbons (Fsp3) is 0.576. The average Bonchev–Trinajstić information content (AvgIpc) is 3.40. The van der Waals surface area contributed by atoms with Gasteiger partial charge in [0.2, 0.25) is 17.7 Å². The number of unbranched alkanes of at least 4 members (excludes halogenated alkanes) is 2. The number of allylic oxidation sites excluding steroid dienone is 1. The van der Waals surface area contributed by atoms with Gasteiger partial charge in [0.15, 0.2) is 0 Å². The first-order valence-corrected chi connectivity index (χ1v) is 15.6. The molecule has 0 unspecified atom stereocenters. The molecule has 2 N–H and O–H groups in total. The Labute approximate surface area is 258 Å². The molecule has 2 fully saturated rings. The third kappa shape index (κ3) is 6.05. The van der Waals surface area contributed by atoms with E-state index in [0.29, 0.717) is 25.1 Å². The molecule has 11 nitrogen and oxygen atoms in total. The van der Waals surface area contributed by atoms with Crippen molar-refractivity contribution in [2.45, 2.75) is 68.9 Å². The number of hydrogen-bond donors (Lipinski definition) is 2. The van der Waals surface area contributed by atoms with Gasteiger partial charge in [-0.3, -0.25) is 19.2 Å². The topological polar surface area (TPSA) is 135 Å². The molecule has 11 heteroatoms. The number of rotatable bonds is 9. The Morgan fingerprint density at radius 1 is 1.07 bits per heavy atom. The van der Waals surface area contributed by atoms with Crippen molar-refractivity contribution in [2.75, 3.05) is 40.0 Å². The van der Waals surface area contributed by atoms with E-state index >= 15 is 0 Å². The Morgan fingerprint density at radius 2 is 1.86 bits per heavy atom. The van der Waals surface area contributed by atoms with Crippen LogP contribution in [0.3, 0.4) is 0 Å². The molecule has 7 atom stereocenters. The molecule has 5 rings (SSSR count). The number of benzene rings is 1. The minimum atomic E-state index is -1.43. The van der Waals surface area contributed by atoms with Crippen molar-refractivity contribution in [2.24, 2.45) is 11.8 Å². The highest BCUT2D eigenvalue weighted by atomic mass is 16.6. The number of methoxy groups -OCH3 is 1. The number of nitrogens with one attached hydrogen (secondary N) is 1. The third-order valence-corrected chi connectivity index (χ3v) is 9.02. The van der Waals surface area contributed by atoms with E-state index in [1.54, 1.807) is 23.1 Å². The van der Waals surface area contributed by atoms with Gasteiger partial charge in [-0.15, -0.1) is 0 Å². The summed E-state index contributed by atoms with van der Waals surface area (Å²) in [6.45, 7) is 2.66. The normalized spacial score (nSPS) is 33.0. The molecule has 1 aromatic rings. The van der Waals surface area contributed by atoms with Crippen molar-refractivity contribution in [3.8, 4) is 0 Å². The van der Waals surface area contributed by atoms with Crippen LogP contribution in [-0.2, 0) is 33.4 Å². The summed E-state index contributed by atoms with van der Waals surface area (Å²) in [4.78, 5) is 58.7. The summed E-state index contributed by atoms with van der Waals surface area (Å²) in [5, 5.41) is 12.9. The van der Waals surface area contributed by atoms with Crippen LogP contribution < -0.4 is 5.32 Å². The van der Waals surface area contributed by atoms with Gasteiger partial charge >= 0.3 is 5.97 Å². The minimum absolute atomic E-state index is 0.0651. The highest BCUT2D eigenvalue weighted by Gasteiger charge is 2.71. The largest absolute Gasteiger partial charge is 0.455 e. The van der Waals surface area contributed by atoms with E-state index in [1.807, 2.05) is 36.4 Å². The van der Waals surface area contributed by atoms with E-state index in [4.69, 9.17) is 14.2 Å². The molecule has 238 valence electrons. The molecule has 0 saturated carbocycles. The molecule has 0 aliphatic carbocycles. The van der Waals surface area contributed by atoms with Gasteiger partial charge in [0.1, 0.15) is 23.7 Å². The van der Waals surface area contributed by atoms with Crippen LogP contribution in [0.4, 0.5) is 0 Å². The number of nitrogens with zero attached hydrogens (tertiary/aromatic N) is 2. The summed E-state index contributed by atoms with van der Waals surface area (Å²) in [5.74, 6) is -3.70. The smallest absolute Gasteiger partial charge is 0.313 e. The molecular formula is C33H43N3O8. The number of amides is 3. The quantitative estimate of drug-likeness (QED) is 0.246. The van der Waals surface area contributed by atoms with E-state index < -0.39 is 53.6 Å². The summed E-state index contributed by atoms with van der Waals surface area (Å²) in [6.07, 6.45) is 8.68. The number of hydrogen-bond acceptors (Lipinski definition) is 8. The second kappa shape index (κ2) is 14.0. The maximum Gasteiger partial charge on any atom is 0.313 e. The second-order valence-electron chi connectivity index (χ2n) is 11.9. The Bertz CT molecular complexity index is 1270. The van der Waals surface area contributed by atoms with Gasteiger partial charge in [0.25, 0.3) is 0 Å². The molecule has 1 aromatic carbocycles. The lowest BCUT2D eigenvalue weighted by Gasteiger charge is -2.35. The zero-order chi connectivity index (χ0) is 31.3. The fourth-order valence-corrected chi connectivity index (χ4v) is 7.04. The van der Waals surface area contributed by atoms with Crippen LogP contribution >= 0.6 is 0 Å². The van der Waals surface area contributed by atoms with Crippen molar-refractivity contribution in [3.05, 3.63) is 60.2 Å². The van der Waals surface area contributed by atoms with Crippen molar-refractivity contribution in [3.63, 3.8) is 0 Å². The maximum atomic E-state index is 14.3. The van der Waals surface area contributed by atoms with Crippen molar-refractivity contribution >= 4 is 23.7 Å². The Kier molecular flexibility index (Phi) is 10.2. The number of fused-ring (bicyclic) bond motifs is 2. The van der Waals surface area contributed by atoms with Crippen LogP contribution in [0.5, 0.6) is 0 Å². The van der Waals surface area contributed by atoms with Crippen LogP contribution in [0.15, 0.2) is 54.6 Å². The second-order valence-corrected chi connectivity index (χ2v) is 11.9. The SMILES string of the molecule is CCCCCN1CC=C[C@@]23O[C@H]4/C=C\CCC(=O)N[C@@H](COC)[C@H](c5ccccc5)OC(=O)[C@H]4[C@@H]2C(=O)N(CCO)[C@H]3C1=O. The van der Waals surface area contributed by atoms with Crippen molar-refractivity contribution in [1.82, 2.24) is 15.1 Å². The van der Waals surface area contributed by atoms with Crippen LogP contribution in [0, 0.1) is 11.8 Å². The summed E-state index contributed by atoms with van der Waals surface area (Å²) in [6, 6.07) is 7.36. The maximum absolute atomic E-state index is 14.3. The number of likely N-dealkylation sites (tertiary alicyclic amines) is 1. The first kappa shape index (κ1) is 31.9. The fourth-order valence-electron chi connectivity index (χ4n) is 7.04. The molecule has 44 heavy (non-hydrogen) atoms. The molecular weight excluding hydrogens is 566 g/mol. The molecule has 1 spiro atoms. The first-order valence-electron chi connectivity index (χ1n) is 15.6. The number of ether oxygens (including phenoxy) is 3. The predicted octanol–water partition coefficient (Wildman–Crippen LogP) is 1.91. The summed E-state index contributed by atoms with van der Waals surface area (Å²) in [5.41, 5.74) is -0.769. The lowest BCUT2D eigenvalue weighted by molar-refractivity contribution is -0.162. The predicted molar refractivity (Wildman–Crippen MR) is 160 cm³/mol. The number of carbonyl (C=O) groups is 4. The van der Waals surface area contributed by atoms with E-state index in [2.05, 4.69) is 12.2 Å². The van der Waals surface area contributed by atoms with E-state index in [9.17, 15) is 24.3 Å². The Hall–Kier alpha value is -3.54. The molecule has 2 saturated heterocycles. The summed E-state index contributed by atoms with van der Waals surface area (Å²) < 4.78 is 18.3. The number of cyclic esters (lactones) is 1. The number of aliphatic hydroxyl groups excluding tert-OH is 1. The lowest BCUT2D eigenvalue weighted by atomic mass is 9.77. The highest BCUT2D eigenvalue weighted by molar-refractivity contribution is 5.99. The molecule has 0 aromatic heterocycles. The minimum Gasteiger partial charge on any atom is -0.455 e. The van der Waals surface area contributed by atoms with Gasteiger partial charge in [0, 0.05) is 33.2 Å². The molecule has 0 bridgehead atoms.